The monoisotopic (exact) mass is 280 g/mol. The van der Waals surface area contributed by atoms with Crippen molar-refractivity contribution in [1.29, 1.82) is 0 Å². The van der Waals surface area contributed by atoms with E-state index >= 15 is 0 Å². The third-order valence-electron chi connectivity index (χ3n) is 3.04. The Bertz CT molecular complexity index is 312. The summed E-state index contributed by atoms with van der Waals surface area (Å²) in [6, 6.07) is 0. The minimum absolute atomic E-state index is 0.405. The Hall–Kier alpha value is -1.58. The van der Waals surface area contributed by atoms with E-state index in [1.165, 1.54) is 0 Å². The Morgan fingerprint density at radius 2 is 1.10 bits per heavy atom. The molecule has 1 aliphatic heterocycles. The summed E-state index contributed by atoms with van der Waals surface area (Å²) in [5.41, 5.74) is 0. The number of esters is 2. The van der Waals surface area contributed by atoms with Crippen LogP contribution in [0.15, 0.2) is 24.3 Å². The zero-order chi connectivity index (χ0) is 14.5. The SMILES string of the molecule is O=C1/C=C\C(=O)OCCCCC/C=C/CCCCCO1. The summed E-state index contributed by atoms with van der Waals surface area (Å²) < 4.78 is 9.97. The maximum absolute atomic E-state index is 11.3. The van der Waals surface area contributed by atoms with Crippen LogP contribution < -0.4 is 0 Å². The maximum Gasteiger partial charge on any atom is 0.331 e. The fourth-order valence-corrected chi connectivity index (χ4v) is 1.90. The van der Waals surface area contributed by atoms with Crippen LogP contribution >= 0.6 is 0 Å². The lowest BCUT2D eigenvalue weighted by molar-refractivity contribution is -0.140. The first-order valence-corrected chi connectivity index (χ1v) is 7.45. The standard InChI is InChI=1S/C16H24O4/c17-15-11-12-16(18)20-14-10-8-6-4-2-1-3-5-7-9-13-19-15/h1-2,11-12H,3-10,13-14H2/b2-1+,12-11-. The molecule has 0 amide bonds. The highest BCUT2D eigenvalue weighted by Gasteiger charge is 2.01. The van der Waals surface area contributed by atoms with Gasteiger partial charge in [0.25, 0.3) is 0 Å². The van der Waals surface area contributed by atoms with Crippen molar-refractivity contribution in [2.45, 2.75) is 51.4 Å². The molecule has 0 unspecified atom stereocenters. The van der Waals surface area contributed by atoms with E-state index in [0.29, 0.717) is 13.2 Å². The van der Waals surface area contributed by atoms with Crippen LogP contribution in [0.1, 0.15) is 51.4 Å². The topological polar surface area (TPSA) is 52.6 Å². The summed E-state index contributed by atoms with van der Waals surface area (Å²) in [5.74, 6) is -0.967. The van der Waals surface area contributed by atoms with E-state index in [-0.39, 0.29) is 0 Å². The molecule has 0 saturated heterocycles. The second-order valence-corrected chi connectivity index (χ2v) is 4.84. The molecule has 0 N–H and O–H groups in total. The second kappa shape index (κ2) is 11.3. The number of hydrogen-bond acceptors (Lipinski definition) is 4. The molecular weight excluding hydrogens is 256 g/mol. The fourth-order valence-electron chi connectivity index (χ4n) is 1.90. The van der Waals surface area contributed by atoms with Gasteiger partial charge in [0.05, 0.1) is 13.2 Å². The number of cyclic esters (lactones) is 2. The molecule has 4 heteroatoms. The van der Waals surface area contributed by atoms with E-state index < -0.39 is 11.9 Å². The van der Waals surface area contributed by atoms with Crippen LogP contribution in [0.3, 0.4) is 0 Å². The largest absolute Gasteiger partial charge is 0.463 e. The lowest BCUT2D eigenvalue weighted by atomic mass is 10.1. The van der Waals surface area contributed by atoms with Crippen molar-refractivity contribution in [3.05, 3.63) is 24.3 Å². The molecule has 0 saturated carbocycles. The molecule has 0 aromatic heterocycles. The normalized spacial score (nSPS) is 23.8. The van der Waals surface area contributed by atoms with Gasteiger partial charge in [-0.3, -0.25) is 0 Å². The van der Waals surface area contributed by atoms with Crippen molar-refractivity contribution in [2.75, 3.05) is 13.2 Å². The smallest absolute Gasteiger partial charge is 0.331 e. The van der Waals surface area contributed by atoms with Crippen LogP contribution in [0.2, 0.25) is 0 Å². The molecule has 0 radical (unpaired) electrons. The first-order chi connectivity index (χ1) is 9.79. The third-order valence-corrected chi connectivity index (χ3v) is 3.04. The summed E-state index contributed by atoms with van der Waals surface area (Å²) in [6.07, 6.45) is 14.9. The van der Waals surface area contributed by atoms with Gasteiger partial charge in [0, 0.05) is 12.2 Å². The first kappa shape index (κ1) is 16.5. The van der Waals surface area contributed by atoms with Crippen LogP contribution in [0.5, 0.6) is 0 Å². The fraction of sp³-hybridized carbons (Fsp3) is 0.625. The predicted octanol–water partition coefficient (Wildman–Crippen LogP) is 3.32. The molecule has 112 valence electrons. The molecule has 0 atom stereocenters. The van der Waals surface area contributed by atoms with Gasteiger partial charge in [-0.1, -0.05) is 12.2 Å². The van der Waals surface area contributed by atoms with Crippen molar-refractivity contribution in [3.8, 4) is 0 Å². The summed E-state index contributed by atoms with van der Waals surface area (Å²) in [4.78, 5) is 22.6. The molecule has 4 nitrogen and oxygen atoms in total. The molecule has 1 aliphatic rings. The quantitative estimate of drug-likeness (QED) is 0.504. The number of ether oxygens (including phenoxy) is 2. The Morgan fingerprint density at radius 3 is 1.55 bits per heavy atom. The van der Waals surface area contributed by atoms with Gasteiger partial charge < -0.3 is 9.47 Å². The number of carbonyl (C=O) groups is 2. The van der Waals surface area contributed by atoms with Crippen LogP contribution in [0.25, 0.3) is 0 Å². The average molecular weight is 280 g/mol. The summed E-state index contributed by atoms with van der Waals surface area (Å²) in [5, 5.41) is 0. The molecule has 0 spiro atoms. The molecule has 0 aromatic rings. The third kappa shape index (κ3) is 9.36. The number of hydrogen-bond donors (Lipinski definition) is 0. The Balaban J connectivity index is 2.34. The molecule has 1 rings (SSSR count). The molecule has 0 fully saturated rings. The van der Waals surface area contributed by atoms with Gasteiger partial charge in [0.2, 0.25) is 0 Å². The number of rotatable bonds is 0. The molecule has 0 aromatic carbocycles. The second-order valence-electron chi connectivity index (χ2n) is 4.84. The Morgan fingerprint density at radius 1 is 0.650 bits per heavy atom. The summed E-state index contributed by atoms with van der Waals surface area (Å²) in [7, 11) is 0. The van der Waals surface area contributed by atoms with E-state index in [1.807, 2.05) is 0 Å². The average Bonchev–Trinajstić information content (AvgIpc) is 2.44. The van der Waals surface area contributed by atoms with E-state index in [4.69, 9.17) is 9.47 Å². The highest BCUT2D eigenvalue weighted by molar-refractivity contribution is 5.91. The van der Waals surface area contributed by atoms with Gasteiger partial charge in [-0.2, -0.15) is 0 Å². The number of allylic oxidation sites excluding steroid dienone is 2. The highest BCUT2D eigenvalue weighted by atomic mass is 16.5. The van der Waals surface area contributed by atoms with Crippen LogP contribution in [-0.4, -0.2) is 25.2 Å². The van der Waals surface area contributed by atoms with E-state index in [0.717, 1.165) is 63.5 Å². The van der Waals surface area contributed by atoms with Crippen molar-refractivity contribution < 1.29 is 19.1 Å². The van der Waals surface area contributed by atoms with Crippen LogP contribution in [0.4, 0.5) is 0 Å². The van der Waals surface area contributed by atoms with E-state index in [1.54, 1.807) is 0 Å². The minimum atomic E-state index is -0.483. The lowest BCUT2D eigenvalue weighted by Gasteiger charge is -2.03. The molecule has 20 heavy (non-hydrogen) atoms. The number of carbonyl (C=O) groups excluding carboxylic acids is 2. The first-order valence-electron chi connectivity index (χ1n) is 7.45. The van der Waals surface area contributed by atoms with E-state index in [2.05, 4.69) is 12.2 Å². The maximum atomic E-state index is 11.3. The predicted molar refractivity (Wildman–Crippen MR) is 77.1 cm³/mol. The zero-order valence-corrected chi connectivity index (χ0v) is 12.0. The summed E-state index contributed by atoms with van der Waals surface area (Å²) >= 11 is 0. The van der Waals surface area contributed by atoms with Gasteiger partial charge >= 0.3 is 11.9 Å². The Kier molecular flexibility index (Phi) is 9.28. The zero-order valence-electron chi connectivity index (χ0n) is 12.0. The van der Waals surface area contributed by atoms with Crippen LogP contribution in [0, 0.1) is 0 Å². The molecule has 0 bridgehead atoms. The minimum Gasteiger partial charge on any atom is -0.463 e. The van der Waals surface area contributed by atoms with Gasteiger partial charge in [-0.05, 0) is 51.4 Å². The summed E-state index contributed by atoms with van der Waals surface area (Å²) in [6.45, 7) is 0.809. The van der Waals surface area contributed by atoms with Crippen molar-refractivity contribution in [2.24, 2.45) is 0 Å². The van der Waals surface area contributed by atoms with Gasteiger partial charge in [-0.15, -0.1) is 0 Å². The van der Waals surface area contributed by atoms with Crippen molar-refractivity contribution in [1.82, 2.24) is 0 Å². The lowest BCUT2D eigenvalue weighted by Crippen LogP contribution is -2.06. The molecular formula is C16H24O4. The van der Waals surface area contributed by atoms with E-state index in [9.17, 15) is 9.59 Å². The Labute approximate surface area is 120 Å². The van der Waals surface area contributed by atoms with Gasteiger partial charge in [0.1, 0.15) is 0 Å². The van der Waals surface area contributed by atoms with Gasteiger partial charge in [0.15, 0.2) is 0 Å². The van der Waals surface area contributed by atoms with Gasteiger partial charge in [-0.25, -0.2) is 9.59 Å². The van der Waals surface area contributed by atoms with Crippen molar-refractivity contribution in [3.63, 3.8) is 0 Å². The van der Waals surface area contributed by atoms with Crippen LogP contribution in [-0.2, 0) is 19.1 Å². The van der Waals surface area contributed by atoms with Crippen molar-refractivity contribution >= 4 is 11.9 Å². The molecule has 0 aliphatic carbocycles. The molecule has 1 heterocycles. The highest BCUT2D eigenvalue weighted by Crippen LogP contribution is 2.05.